The van der Waals surface area contributed by atoms with Crippen LogP contribution in [0, 0.1) is 34.5 Å². The Bertz CT molecular complexity index is 908. The number of hydrogen-bond donors (Lipinski definition) is 0. The van der Waals surface area contributed by atoms with E-state index in [9.17, 15) is 4.79 Å². The Hall–Kier alpha value is -1.31. The van der Waals surface area contributed by atoms with Crippen LogP contribution in [0.1, 0.15) is 179 Å². The molecular weight excluding hydrogens is 524 g/mol. The van der Waals surface area contributed by atoms with Gasteiger partial charge in [0.05, 0.1) is 0 Å². The van der Waals surface area contributed by atoms with Gasteiger partial charge in [0.2, 0.25) is 0 Å². The first-order chi connectivity index (χ1) is 21.1. The molecule has 1 atom stereocenters. The summed E-state index contributed by atoms with van der Waals surface area (Å²) in [7, 11) is 0. The fraction of sp³-hybridized carbons (Fsp3) is 0.829. The van der Waals surface area contributed by atoms with Crippen LogP contribution in [-0.4, -0.2) is 12.6 Å². The summed E-state index contributed by atoms with van der Waals surface area (Å²) < 4.78 is 5.60. The molecule has 242 valence electrons. The number of carbonyl (C=O) groups excluding carboxylic acids is 1. The Morgan fingerprint density at radius 2 is 1.28 bits per heavy atom. The van der Waals surface area contributed by atoms with Gasteiger partial charge in [0.15, 0.2) is 0 Å². The first kappa shape index (κ1) is 33.1. The molecule has 1 aromatic rings. The van der Waals surface area contributed by atoms with E-state index < -0.39 is 0 Å². The largest absolute Gasteiger partial charge is 0.465 e. The van der Waals surface area contributed by atoms with Crippen molar-refractivity contribution in [3.63, 3.8) is 0 Å². The second-order valence-electron chi connectivity index (χ2n) is 16.0. The smallest absolute Gasteiger partial charge is 0.293 e. The number of carbonyl (C=O) groups is 1. The van der Waals surface area contributed by atoms with Crippen molar-refractivity contribution in [2.24, 2.45) is 34.5 Å². The minimum Gasteiger partial charge on any atom is -0.465 e. The van der Waals surface area contributed by atoms with E-state index in [4.69, 9.17) is 4.74 Å². The van der Waals surface area contributed by atoms with Crippen molar-refractivity contribution in [2.75, 3.05) is 0 Å². The number of benzene rings is 1. The number of unbranched alkanes of at least 4 members (excludes halogenated alkanes) is 2. The van der Waals surface area contributed by atoms with Gasteiger partial charge in [0.1, 0.15) is 6.10 Å². The van der Waals surface area contributed by atoms with Crippen LogP contribution < -0.4 is 0 Å². The predicted octanol–water partition coefficient (Wildman–Crippen LogP) is 12.2. The minimum absolute atomic E-state index is 0.142. The van der Waals surface area contributed by atoms with E-state index in [0.29, 0.717) is 16.7 Å². The van der Waals surface area contributed by atoms with Crippen molar-refractivity contribution in [2.45, 2.75) is 180 Å². The van der Waals surface area contributed by atoms with E-state index in [2.05, 4.69) is 44.2 Å². The lowest BCUT2D eigenvalue weighted by molar-refractivity contribution is -0.137. The zero-order chi connectivity index (χ0) is 30.0. The van der Waals surface area contributed by atoms with Crippen LogP contribution in [0.4, 0.5) is 0 Å². The van der Waals surface area contributed by atoms with Gasteiger partial charge in [-0.25, -0.2) is 0 Å². The molecule has 0 spiro atoms. The Morgan fingerprint density at radius 1 is 0.721 bits per heavy atom. The summed E-state index contributed by atoms with van der Waals surface area (Å²) in [5.41, 5.74) is 2.53. The van der Waals surface area contributed by atoms with Gasteiger partial charge in [0, 0.05) is 0 Å². The molecule has 2 heteroatoms. The molecule has 4 aliphatic rings. The van der Waals surface area contributed by atoms with Crippen LogP contribution in [0.3, 0.4) is 0 Å². The molecule has 2 nitrogen and oxygen atoms in total. The van der Waals surface area contributed by atoms with E-state index in [1.807, 2.05) is 0 Å². The fourth-order valence-electron chi connectivity index (χ4n) is 11.2. The monoisotopic (exact) mass is 591 g/mol. The number of hydrogen-bond acceptors (Lipinski definition) is 2. The second-order valence-corrected chi connectivity index (χ2v) is 16.0. The predicted molar refractivity (Wildman–Crippen MR) is 181 cm³/mol. The lowest BCUT2D eigenvalue weighted by atomic mass is 9.49. The van der Waals surface area contributed by atoms with Crippen molar-refractivity contribution in [1.82, 2.24) is 0 Å². The fourth-order valence-corrected chi connectivity index (χ4v) is 11.2. The average molecular weight is 591 g/mol. The van der Waals surface area contributed by atoms with Crippen molar-refractivity contribution in [3.8, 4) is 0 Å². The Balaban J connectivity index is 1.44. The van der Waals surface area contributed by atoms with Gasteiger partial charge >= 0.3 is 0 Å². The maximum atomic E-state index is 11.3. The van der Waals surface area contributed by atoms with Crippen LogP contribution in [-0.2, 0) is 9.53 Å². The highest BCUT2D eigenvalue weighted by Crippen LogP contribution is 2.63. The molecule has 0 bridgehead atoms. The Kier molecular flexibility index (Phi) is 12.5. The zero-order valence-corrected chi connectivity index (χ0v) is 28.2. The van der Waals surface area contributed by atoms with E-state index in [1.165, 1.54) is 141 Å². The SMILES string of the molecule is CCCC[C@H]1CC[C@H](C2(CC(c3ccccc3)C3([C@H]4CC[C@H](CCCC)CC4)CCCCC3)CCC(OC=O)CC2)CC1. The van der Waals surface area contributed by atoms with Gasteiger partial charge in [-0.3, -0.25) is 4.79 Å². The van der Waals surface area contributed by atoms with Crippen molar-refractivity contribution < 1.29 is 9.53 Å². The van der Waals surface area contributed by atoms with Gasteiger partial charge in [0.25, 0.3) is 6.47 Å². The molecule has 4 saturated carbocycles. The van der Waals surface area contributed by atoms with E-state index in [-0.39, 0.29) is 6.10 Å². The van der Waals surface area contributed by atoms with Crippen molar-refractivity contribution in [1.29, 1.82) is 0 Å². The maximum Gasteiger partial charge on any atom is 0.293 e. The first-order valence-electron chi connectivity index (χ1n) is 19.3. The molecule has 0 saturated heterocycles. The summed E-state index contributed by atoms with van der Waals surface area (Å²) in [5.74, 6) is 4.36. The van der Waals surface area contributed by atoms with Crippen LogP contribution in [0.25, 0.3) is 0 Å². The maximum absolute atomic E-state index is 11.3. The molecule has 0 heterocycles. The molecule has 4 aliphatic carbocycles. The van der Waals surface area contributed by atoms with Gasteiger partial charge in [-0.1, -0.05) is 128 Å². The Labute approximate surface area is 265 Å². The zero-order valence-electron chi connectivity index (χ0n) is 28.2. The van der Waals surface area contributed by atoms with Crippen LogP contribution in [0.15, 0.2) is 30.3 Å². The van der Waals surface area contributed by atoms with E-state index in [1.54, 1.807) is 5.56 Å². The van der Waals surface area contributed by atoms with E-state index in [0.717, 1.165) is 43.0 Å². The molecular formula is C41H66O2. The molecule has 1 unspecified atom stereocenters. The lowest BCUT2D eigenvalue weighted by Gasteiger charge is -2.56. The third-order valence-corrected chi connectivity index (χ3v) is 13.8. The number of ether oxygens (including phenoxy) is 1. The summed E-state index contributed by atoms with van der Waals surface area (Å²) in [6.07, 6.45) is 33.5. The van der Waals surface area contributed by atoms with Gasteiger partial charge in [-0.05, 0) is 117 Å². The van der Waals surface area contributed by atoms with Gasteiger partial charge in [-0.15, -0.1) is 0 Å². The first-order valence-corrected chi connectivity index (χ1v) is 19.3. The van der Waals surface area contributed by atoms with Crippen LogP contribution >= 0.6 is 0 Å². The summed E-state index contributed by atoms with van der Waals surface area (Å²) in [4.78, 5) is 11.3. The summed E-state index contributed by atoms with van der Waals surface area (Å²) in [6, 6.07) is 11.9. The molecule has 0 amide bonds. The lowest BCUT2D eigenvalue weighted by Crippen LogP contribution is -2.46. The third-order valence-electron chi connectivity index (χ3n) is 13.8. The van der Waals surface area contributed by atoms with Gasteiger partial charge in [-0.2, -0.15) is 0 Å². The standard InChI is InChI=1S/C41H66O2/c1-3-5-13-33-17-21-36(22-18-33)40(29-25-38(26-30-40)43-32-42)31-39(35-15-9-7-10-16-35)41(27-11-8-12-28-41)37-23-19-34(20-24-37)14-6-4-2/h7,9-10,15-16,32-34,36-39H,3-6,8,11-14,17-31H2,1-2H3/t33-,34-,36-,37-,38?,39?,40?. The molecule has 0 aromatic heterocycles. The molecule has 0 N–H and O–H groups in total. The number of rotatable bonds is 14. The third kappa shape index (κ3) is 8.10. The average Bonchev–Trinajstić information content (AvgIpc) is 3.07. The minimum atomic E-state index is 0.142. The highest BCUT2D eigenvalue weighted by molar-refractivity contribution is 5.37. The summed E-state index contributed by atoms with van der Waals surface area (Å²) in [5, 5.41) is 0. The van der Waals surface area contributed by atoms with Crippen molar-refractivity contribution >= 4 is 6.47 Å². The van der Waals surface area contributed by atoms with Crippen LogP contribution in [0.5, 0.6) is 0 Å². The summed E-state index contributed by atoms with van der Waals surface area (Å²) in [6.45, 7) is 5.43. The van der Waals surface area contributed by atoms with Gasteiger partial charge < -0.3 is 4.74 Å². The highest BCUT2D eigenvalue weighted by Gasteiger charge is 2.52. The Morgan fingerprint density at radius 3 is 1.81 bits per heavy atom. The van der Waals surface area contributed by atoms with Crippen molar-refractivity contribution in [3.05, 3.63) is 35.9 Å². The highest BCUT2D eigenvalue weighted by atomic mass is 16.5. The summed E-state index contributed by atoms with van der Waals surface area (Å²) >= 11 is 0. The molecule has 0 radical (unpaired) electrons. The quantitative estimate of drug-likeness (QED) is 0.201. The normalized spacial score (nSPS) is 33.9. The topological polar surface area (TPSA) is 26.3 Å². The molecule has 5 rings (SSSR count). The molecule has 43 heavy (non-hydrogen) atoms. The molecule has 4 fully saturated rings. The van der Waals surface area contributed by atoms with E-state index >= 15 is 0 Å². The molecule has 1 aromatic carbocycles. The molecule has 0 aliphatic heterocycles. The second kappa shape index (κ2) is 16.3. The van der Waals surface area contributed by atoms with Crippen LogP contribution in [0.2, 0.25) is 0 Å².